The summed E-state index contributed by atoms with van der Waals surface area (Å²) in [4.78, 5) is 19.0. The van der Waals surface area contributed by atoms with Crippen LogP contribution in [0.2, 0.25) is 5.15 Å². The van der Waals surface area contributed by atoms with Crippen molar-refractivity contribution < 1.29 is 9.53 Å². The van der Waals surface area contributed by atoms with Crippen LogP contribution in [0.15, 0.2) is 42.5 Å². The van der Waals surface area contributed by atoms with Crippen molar-refractivity contribution in [2.75, 3.05) is 13.7 Å². The summed E-state index contributed by atoms with van der Waals surface area (Å²) in [6.45, 7) is 14.0. The number of rotatable bonds is 11. The van der Waals surface area contributed by atoms with Gasteiger partial charge in [-0.1, -0.05) is 76.0 Å². The summed E-state index contributed by atoms with van der Waals surface area (Å²) in [5.41, 5.74) is 10.3. The van der Waals surface area contributed by atoms with E-state index >= 15 is 0 Å². The van der Waals surface area contributed by atoms with Gasteiger partial charge in [-0.15, -0.1) is 0 Å². The molecule has 0 fully saturated rings. The Kier molecular flexibility index (Phi) is 9.20. The maximum absolute atomic E-state index is 11.8. The number of nitrogens with two attached hydrogens (primary N) is 1. The first-order valence-corrected chi connectivity index (χ1v) is 12.9. The van der Waals surface area contributed by atoms with Crippen molar-refractivity contribution in [2.24, 2.45) is 11.1 Å². The van der Waals surface area contributed by atoms with Crippen molar-refractivity contribution in [2.45, 2.75) is 67.1 Å². The third-order valence-corrected chi connectivity index (χ3v) is 6.46. The molecule has 7 heteroatoms. The van der Waals surface area contributed by atoms with Crippen molar-refractivity contribution in [1.29, 1.82) is 0 Å². The highest BCUT2D eigenvalue weighted by atomic mass is 35.5. The summed E-state index contributed by atoms with van der Waals surface area (Å²) >= 11 is 6.82. The minimum Gasteiger partial charge on any atom is -0.496 e. The Bertz CT molecular complexity index is 1200. The first-order chi connectivity index (χ1) is 17.0. The molecule has 3 aromatic rings. The molecule has 0 radical (unpaired) electrons. The van der Waals surface area contributed by atoms with Crippen molar-refractivity contribution in [1.82, 2.24) is 14.5 Å². The zero-order valence-electron chi connectivity index (χ0n) is 22.4. The summed E-state index contributed by atoms with van der Waals surface area (Å²) in [7, 11) is 1.55. The smallest absolute Gasteiger partial charge is 0.252 e. The number of aromatic nitrogens is 2. The van der Waals surface area contributed by atoms with Gasteiger partial charge in [0.15, 0.2) is 5.15 Å². The molecule has 1 aromatic heterocycles. The van der Waals surface area contributed by atoms with Gasteiger partial charge < -0.3 is 15.0 Å². The predicted molar refractivity (Wildman–Crippen MR) is 147 cm³/mol. The number of primary amides is 1. The first kappa shape index (κ1) is 27.8. The molecule has 0 aliphatic heterocycles. The van der Waals surface area contributed by atoms with Crippen molar-refractivity contribution in [3.8, 4) is 17.1 Å². The SMILES string of the molecule is CCCCn1c(-c2ccccc2C)nc(Cl)c1CN(Cc1ccc(C(N)=O)c(OC)c1)CC(C)(C)C. The van der Waals surface area contributed by atoms with Gasteiger partial charge in [-0.05, 0) is 42.0 Å². The lowest BCUT2D eigenvalue weighted by Gasteiger charge is -2.30. The molecule has 6 nitrogen and oxygen atoms in total. The van der Waals surface area contributed by atoms with Gasteiger partial charge in [0.05, 0.1) is 18.4 Å². The Morgan fingerprint density at radius 1 is 1.17 bits per heavy atom. The number of imidazole rings is 1. The number of unbranched alkanes of at least 4 members (excludes halogenated alkanes) is 1. The van der Waals surface area contributed by atoms with Gasteiger partial charge in [-0.3, -0.25) is 9.69 Å². The van der Waals surface area contributed by atoms with E-state index in [9.17, 15) is 4.79 Å². The average molecular weight is 511 g/mol. The molecule has 0 aliphatic rings. The summed E-state index contributed by atoms with van der Waals surface area (Å²) in [5, 5.41) is 0.546. The first-order valence-electron chi connectivity index (χ1n) is 12.5. The molecule has 0 bridgehead atoms. The van der Waals surface area contributed by atoms with Crippen molar-refractivity contribution >= 4 is 17.5 Å². The van der Waals surface area contributed by atoms with Crippen LogP contribution in [-0.2, 0) is 19.6 Å². The van der Waals surface area contributed by atoms with Gasteiger partial charge in [0.25, 0.3) is 5.91 Å². The standard InChI is InChI=1S/C29H39ClN4O2/c1-7-8-15-34-24(26(30)32-28(34)22-12-10-9-11-20(22)2)18-33(19-29(3,4)5)17-21-13-14-23(27(31)35)25(16-21)36-6/h9-14,16H,7-8,15,17-19H2,1-6H3,(H2,31,35). The Labute approximate surface area is 220 Å². The number of methoxy groups -OCH3 is 1. The number of nitrogens with zero attached hydrogens (tertiary/aromatic N) is 3. The molecule has 0 saturated heterocycles. The van der Waals surface area contributed by atoms with E-state index in [0.717, 1.165) is 48.6 Å². The van der Waals surface area contributed by atoms with Gasteiger partial charge >= 0.3 is 0 Å². The monoisotopic (exact) mass is 510 g/mol. The Hall–Kier alpha value is -2.83. The Balaban J connectivity index is 2.01. The van der Waals surface area contributed by atoms with Crippen LogP contribution in [0.3, 0.4) is 0 Å². The van der Waals surface area contributed by atoms with Crippen LogP contribution >= 0.6 is 11.6 Å². The molecule has 0 unspecified atom stereocenters. The minimum absolute atomic E-state index is 0.0663. The number of carbonyl (C=O) groups excluding carboxylic acids is 1. The molecule has 1 heterocycles. The number of hydrogen-bond donors (Lipinski definition) is 1. The van der Waals surface area contributed by atoms with Crippen LogP contribution in [0.5, 0.6) is 5.75 Å². The van der Waals surface area contributed by atoms with Crippen LogP contribution in [-0.4, -0.2) is 34.0 Å². The molecular weight excluding hydrogens is 472 g/mol. The molecule has 0 spiro atoms. The molecule has 36 heavy (non-hydrogen) atoms. The lowest BCUT2D eigenvalue weighted by molar-refractivity contribution is 0.0997. The summed E-state index contributed by atoms with van der Waals surface area (Å²) in [6, 6.07) is 13.9. The number of carbonyl (C=O) groups is 1. The second-order valence-corrected chi connectivity index (χ2v) is 11.0. The van der Waals surface area contributed by atoms with Gasteiger partial charge in [-0.25, -0.2) is 4.98 Å². The molecule has 0 atom stereocenters. The van der Waals surface area contributed by atoms with E-state index < -0.39 is 5.91 Å². The van der Waals surface area contributed by atoms with Crippen LogP contribution in [0.1, 0.15) is 67.7 Å². The molecule has 194 valence electrons. The number of halogens is 1. The number of aryl methyl sites for hydroxylation is 1. The molecule has 1 amide bonds. The normalized spacial score (nSPS) is 11.8. The fourth-order valence-corrected chi connectivity index (χ4v) is 4.78. The maximum atomic E-state index is 11.8. The zero-order valence-corrected chi connectivity index (χ0v) is 23.2. The highest BCUT2D eigenvalue weighted by Crippen LogP contribution is 2.31. The van der Waals surface area contributed by atoms with Crippen molar-refractivity contribution in [3.05, 3.63) is 70.0 Å². The zero-order chi connectivity index (χ0) is 26.5. The molecule has 2 aromatic carbocycles. The molecule has 3 rings (SSSR count). The third-order valence-electron chi connectivity index (χ3n) is 6.15. The lowest BCUT2D eigenvalue weighted by Crippen LogP contribution is -2.33. The van der Waals surface area contributed by atoms with E-state index in [1.165, 1.54) is 5.56 Å². The number of ether oxygens (including phenoxy) is 1. The van der Waals surface area contributed by atoms with E-state index in [1.807, 2.05) is 24.3 Å². The Morgan fingerprint density at radius 2 is 1.89 bits per heavy atom. The largest absolute Gasteiger partial charge is 0.496 e. The number of amides is 1. The Morgan fingerprint density at radius 3 is 2.50 bits per heavy atom. The second-order valence-electron chi connectivity index (χ2n) is 10.6. The highest BCUT2D eigenvalue weighted by molar-refractivity contribution is 6.30. The summed E-state index contributed by atoms with van der Waals surface area (Å²) in [5.74, 6) is 0.911. The van der Waals surface area contributed by atoms with E-state index in [-0.39, 0.29) is 5.41 Å². The predicted octanol–water partition coefficient (Wildman–Crippen LogP) is 6.47. The maximum Gasteiger partial charge on any atom is 0.252 e. The van der Waals surface area contributed by atoms with E-state index in [0.29, 0.717) is 29.6 Å². The summed E-state index contributed by atoms with van der Waals surface area (Å²) < 4.78 is 7.73. The summed E-state index contributed by atoms with van der Waals surface area (Å²) in [6.07, 6.45) is 2.13. The van der Waals surface area contributed by atoms with Crippen molar-refractivity contribution in [3.63, 3.8) is 0 Å². The molecular formula is C29H39ClN4O2. The fraction of sp³-hybridized carbons (Fsp3) is 0.448. The quantitative estimate of drug-likeness (QED) is 0.321. The number of benzene rings is 2. The van der Waals surface area contributed by atoms with E-state index in [1.54, 1.807) is 13.2 Å². The molecule has 2 N–H and O–H groups in total. The van der Waals surface area contributed by atoms with Gasteiger partial charge in [0, 0.05) is 31.7 Å². The van der Waals surface area contributed by atoms with Crippen LogP contribution in [0, 0.1) is 12.3 Å². The minimum atomic E-state index is -0.500. The average Bonchev–Trinajstić information content (AvgIpc) is 3.11. The lowest BCUT2D eigenvalue weighted by atomic mass is 9.95. The third kappa shape index (κ3) is 6.89. The van der Waals surface area contributed by atoms with E-state index in [2.05, 4.69) is 56.2 Å². The topological polar surface area (TPSA) is 73.4 Å². The molecule has 0 saturated carbocycles. The highest BCUT2D eigenvalue weighted by Gasteiger charge is 2.24. The van der Waals surface area contributed by atoms with Gasteiger partial charge in [0.2, 0.25) is 0 Å². The van der Waals surface area contributed by atoms with Crippen LogP contribution < -0.4 is 10.5 Å². The van der Waals surface area contributed by atoms with E-state index in [4.69, 9.17) is 27.1 Å². The molecule has 0 aliphatic carbocycles. The number of hydrogen-bond acceptors (Lipinski definition) is 4. The van der Waals surface area contributed by atoms with Crippen LogP contribution in [0.4, 0.5) is 0 Å². The second kappa shape index (κ2) is 11.9. The van der Waals surface area contributed by atoms with Gasteiger partial charge in [0.1, 0.15) is 11.6 Å². The van der Waals surface area contributed by atoms with Gasteiger partial charge in [-0.2, -0.15) is 0 Å². The fourth-order valence-electron chi connectivity index (χ4n) is 4.54. The van der Waals surface area contributed by atoms with Crippen LogP contribution in [0.25, 0.3) is 11.4 Å².